The molecule has 2 rings (SSSR count). The number of aryl methyl sites for hydroxylation is 1. The molecule has 0 aliphatic rings. The summed E-state index contributed by atoms with van der Waals surface area (Å²) < 4.78 is 1.29. The van der Waals surface area contributed by atoms with Crippen molar-refractivity contribution >= 4 is 5.91 Å². The molecule has 0 fully saturated rings. The molecule has 14 heavy (non-hydrogen) atoms. The van der Waals surface area contributed by atoms with Gasteiger partial charge in [0.2, 0.25) is 0 Å². The molecule has 0 aliphatic carbocycles. The molecule has 2 aromatic heterocycles. The molecule has 0 atom stereocenters. The van der Waals surface area contributed by atoms with E-state index < -0.39 is 0 Å². The standard InChI is InChI=1S/C10H9N3O/c1-8-6-12-13(7-8)10(14)9-4-2-3-5-11-9/h2-7H,1H3. The van der Waals surface area contributed by atoms with Gasteiger partial charge in [0, 0.05) is 12.4 Å². The lowest BCUT2D eigenvalue weighted by Gasteiger charge is -1.97. The van der Waals surface area contributed by atoms with Gasteiger partial charge in [0.15, 0.2) is 0 Å². The second-order valence-corrected chi connectivity index (χ2v) is 2.98. The Kier molecular flexibility index (Phi) is 2.10. The molecule has 70 valence electrons. The van der Waals surface area contributed by atoms with Gasteiger partial charge >= 0.3 is 0 Å². The van der Waals surface area contributed by atoms with Crippen LogP contribution >= 0.6 is 0 Å². The summed E-state index contributed by atoms with van der Waals surface area (Å²) >= 11 is 0. The molecule has 0 aromatic carbocycles. The number of carbonyl (C=O) groups is 1. The minimum Gasteiger partial charge on any atom is -0.265 e. The van der Waals surface area contributed by atoms with Crippen LogP contribution in [0.5, 0.6) is 0 Å². The summed E-state index contributed by atoms with van der Waals surface area (Å²) in [4.78, 5) is 15.7. The van der Waals surface area contributed by atoms with Crippen molar-refractivity contribution in [3.05, 3.63) is 48.0 Å². The van der Waals surface area contributed by atoms with E-state index in [0.29, 0.717) is 5.69 Å². The third-order valence-corrected chi connectivity index (χ3v) is 1.80. The average molecular weight is 187 g/mol. The first-order valence-corrected chi connectivity index (χ1v) is 4.24. The van der Waals surface area contributed by atoms with Gasteiger partial charge in [-0.15, -0.1) is 0 Å². The largest absolute Gasteiger partial charge is 0.296 e. The first-order chi connectivity index (χ1) is 6.77. The first-order valence-electron chi connectivity index (χ1n) is 4.24. The Bertz CT molecular complexity index is 447. The highest BCUT2D eigenvalue weighted by Crippen LogP contribution is 2.00. The Labute approximate surface area is 81.2 Å². The Balaban J connectivity index is 2.34. The maximum absolute atomic E-state index is 11.7. The van der Waals surface area contributed by atoms with E-state index in [2.05, 4.69) is 10.1 Å². The van der Waals surface area contributed by atoms with E-state index in [0.717, 1.165) is 5.56 Å². The summed E-state index contributed by atoms with van der Waals surface area (Å²) in [5, 5.41) is 3.92. The highest BCUT2D eigenvalue weighted by Gasteiger charge is 2.09. The molecule has 0 radical (unpaired) electrons. The summed E-state index contributed by atoms with van der Waals surface area (Å²) in [5.41, 5.74) is 1.35. The van der Waals surface area contributed by atoms with Crippen LogP contribution < -0.4 is 0 Å². The van der Waals surface area contributed by atoms with Crippen LogP contribution in [0.25, 0.3) is 0 Å². The van der Waals surface area contributed by atoms with Gasteiger partial charge in [0.25, 0.3) is 5.91 Å². The second kappa shape index (κ2) is 3.41. The maximum atomic E-state index is 11.7. The maximum Gasteiger partial charge on any atom is 0.296 e. The second-order valence-electron chi connectivity index (χ2n) is 2.98. The Morgan fingerprint density at radius 3 is 2.86 bits per heavy atom. The Morgan fingerprint density at radius 1 is 1.43 bits per heavy atom. The predicted octanol–water partition coefficient (Wildman–Crippen LogP) is 1.28. The van der Waals surface area contributed by atoms with Gasteiger partial charge in [-0.25, -0.2) is 4.68 Å². The summed E-state index contributed by atoms with van der Waals surface area (Å²) in [7, 11) is 0. The molecule has 2 heterocycles. The van der Waals surface area contributed by atoms with Gasteiger partial charge < -0.3 is 0 Å². The molecule has 0 N–H and O–H groups in total. The number of hydrogen-bond donors (Lipinski definition) is 0. The monoisotopic (exact) mass is 187 g/mol. The molecule has 0 saturated heterocycles. The minimum atomic E-state index is -0.210. The molecule has 0 spiro atoms. The van der Waals surface area contributed by atoms with Gasteiger partial charge in [-0.1, -0.05) is 6.07 Å². The van der Waals surface area contributed by atoms with E-state index in [1.807, 2.05) is 6.92 Å². The quantitative estimate of drug-likeness (QED) is 0.675. The Hall–Kier alpha value is -1.97. The molecule has 0 bridgehead atoms. The van der Waals surface area contributed by atoms with Crippen molar-refractivity contribution in [3.8, 4) is 0 Å². The number of rotatable bonds is 1. The molecule has 0 unspecified atom stereocenters. The lowest BCUT2D eigenvalue weighted by Crippen LogP contribution is -2.13. The van der Waals surface area contributed by atoms with Gasteiger partial charge in [0.05, 0.1) is 6.20 Å². The highest BCUT2D eigenvalue weighted by molar-refractivity contribution is 5.93. The van der Waals surface area contributed by atoms with Crippen molar-refractivity contribution < 1.29 is 4.79 Å². The number of hydrogen-bond acceptors (Lipinski definition) is 3. The smallest absolute Gasteiger partial charge is 0.265 e. The molecule has 4 heteroatoms. The summed E-state index contributed by atoms with van der Waals surface area (Å²) in [6, 6.07) is 5.21. The fourth-order valence-electron chi connectivity index (χ4n) is 1.13. The first kappa shape index (κ1) is 8.62. The molecule has 2 aromatic rings. The van der Waals surface area contributed by atoms with Crippen molar-refractivity contribution in [1.29, 1.82) is 0 Å². The van der Waals surface area contributed by atoms with Crippen LogP contribution in [0, 0.1) is 6.92 Å². The van der Waals surface area contributed by atoms with Crippen LogP contribution in [-0.2, 0) is 0 Å². The van der Waals surface area contributed by atoms with Crippen LogP contribution in [-0.4, -0.2) is 20.7 Å². The van der Waals surface area contributed by atoms with Crippen LogP contribution in [0.1, 0.15) is 16.1 Å². The van der Waals surface area contributed by atoms with Crippen molar-refractivity contribution in [1.82, 2.24) is 14.8 Å². The molecular formula is C10H9N3O. The van der Waals surface area contributed by atoms with Gasteiger partial charge in [-0.05, 0) is 24.6 Å². The topological polar surface area (TPSA) is 47.8 Å². The SMILES string of the molecule is Cc1cnn(C(=O)c2ccccn2)c1. The molecule has 0 amide bonds. The lowest BCUT2D eigenvalue weighted by molar-refractivity contribution is 0.0940. The van der Waals surface area contributed by atoms with Gasteiger partial charge in [0.1, 0.15) is 5.69 Å². The molecule has 4 nitrogen and oxygen atoms in total. The van der Waals surface area contributed by atoms with Crippen LogP contribution in [0.3, 0.4) is 0 Å². The van der Waals surface area contributed by atoms with E-state index >= 15 is 0 Å². The van der Waals surface area contributed by atoms with Gasteiger partial charge in [-0.3, -0.25) is 9.78 Å². The van der Waals surface area contributed by atoms with E-state index in [9.17, 15) is 4.79 Å². The molecular weight excluding hydrogens is 178 g/mol. The zero-order valence-corrected chi connectivity index (χ0v) is 7.71. The van der Waals surface area contributed by atoms with E-state index in [4.69, 9.17) is 0 Å². The van der Waals surface area contributed by atoms with E-state index in [1.54, 1.807) is 36.8 Å². The number of aromatic nitrogens is 3. The minimum absolute atomic E-state index is 0.210. The summed E-state index contributed by atoms with van der Waals surface area (Å²) in [5.74, 6) is -0.210. The van der Waals surface area contributed by atoms with Crippen LogP contribution in [0.2, 0.25) is 0 Å². The van der Waals surface area contributed by atoms with Crippen molar-refractivity contribution in [2.24, 2.45) is 0 Å². The molecule has 0 saturated carbocycles. The zero-order valence-electron chi connectivity index (χ0n) is 7.71. The fourth-order valence-corrected chi connectivity index (χ4v) is 1.13. The third kappa shape index (κ3) is 1.54. The zero-order chi connectivity index (χ0) is 9.97. The summed E-state index contributed by atoms with van der Waals surface area (Å²) in [6.07, 6.45) is 4.90. The lowest BCUT2D eigenvalue weighted by atomic mass is 10.3. The van der Waals surface area contributed by atoms with Crippen molar-refractivity contribution in [2.75, 3.05) is 0 Å². The van der Waals surface area contributed by atoms with Crippen molar-refractivity contribution in [3.63, 3.8) is 0 Å². The average Bonchev–Trinajstić information content (AvgIpc) is 2.65. The predicted molar refractivity (Wildman–Crippen MR) is 50.9 cm³/mol. The summed E-state index contributed by atoms with van der Waals surface area (Å²) in [6.45, 7) is 1.88. The highest BCUT2D eigenvalue weighted by atomic mass is 16.2. The van der Waals surface area contributed by atoms with Crippen molar-refractivity contribution in [2.45, 2.75) is 6.92 Å². The Morgan fingerprint density at radius 2 is 2.29 bits per heavy atom. The third-order valence-electron chi connectivity index (χ3n) is 1.80. The molecule has 0 aliphatic heterocycles. The van der Waals surface area contributed by atoms with Crippen LogP contribution in [0.4, 0.5) is 0 Å². The van der Waals surface area contributed by atoms with E-state index in [-0.39, 0.29) is 5.91 Å². The number of carbonyl (C=O) groups excluding carboxylic acids is 1. The van der Waals surface area contributed by atoms with E-state index in [1.165, 1.54) is 4.68 Å². The number of pyridine rings is 1. The fraction of sp³-hybridized carbons (Fsp3) is 0.100. The number of nitrogens with zero attached hydrogens (tertiary/aromatic N) is 3. The van der Waals surface area contributed by atoms with Crippen LogP contribution in [0.15, 0.2) is 36.8 Å². The normalized spacial score (nSPS) is 10.1. The van der Waals surface area contributed by atoms with Gasteiger partial charge in [-0.2, -0.15) is 5.10 Å².